The van der Waals surface area contributed by atoms with E-state index in [4.69, 9.17) is 4.99 Å². The minimum absolute atomic E-state index is 0.0779. The summed E-state index contributed by atoms with van der Waals surface area (Å²) in [5.41, 5.74) is 19.5. The molecule has 3 aliphatic carbocycles. The van der Waals surface area contributed by atoms with E-state index in [1.165, 1.54) is 115 Å². The van der Waals surface area contributed by atoms with E-state index in [-0.39, 0.29) is 17.3 Å². The third-order valence-electron chi connectivity index (χ3n) is 14.1. The molecule has 1 spiro atoms. The van der Waals surface area contributed by atoms with Crippen molar-refractivity contribution < 1.29 is 0 Å². The molecule has 7 aromatic rings. The highest BCUT2D eigenvalue weighted by molar-refractivity contribution is 6.09. The third kappa shape index (κ3) is 6.68. The minimum Gasteiger partial charge on any atom is -0.252 e. The first-order chi connectivity index (χ1) is 30.1. The van der Waals surface area contributed by atoms with Gasteiger partial charge >= 0.3 is 0 Å². The van der Waals surface area contributed by atoms with Crippen LogP contribution in [0.3, 0.4) is 0 Å². The fourth-order valence-electron chi connectivity index (χ4n) is 11.1. The van der Waals surface area contributed by atoms with Crippen LogP contribution in [0.1, 0.15) is 91.2 Å². The molecule has 11 rings (SSSR count). The van der Waals surface area contributed by atoms with Crippen molar-refractivity contribution in [3.8, 4) is 22.3 Å². The monoisotopic (exact) mass is 785 g/mol. The maximum Gasteiger partial charge on any atom is 0.0724 e. The van der Waals surface area contributed by atoms with Gasteiger partial charge in [0, 0.05) is 22.8 Å². The SMILES string of the molecule is CC1C/C=C(C2=CCC(c3ccccc3)C(c3ccccc3)=C2)/C=C(c2c(-c3ccc4c(c3)C3(CCCCC3)c3ccccc3-4)ccc3ccccc23)\N=C/1c1ccccc1. The number of fused-ring (bicyclic) bond motifs is 6. The van der Waals surface area contributed by atoms with Gasteiger partial charge in [-0.3, -0.25) is 4.99 Å². The number of rotatable bonds is 6. The summed E-state index contributed by atoms with van der Waals surface area (Å²) in [5.74, 6) is 0.498. The van der Waals surface area contributed by atoms with Crippen LogP contribution in [0, 0.1) is 5.92 Å². The Hall–Kier alpha value is -6.57. The van der Waals surface area contributed by atoms with Crippen LogP contribution in [-0.4, -0.2) is 5.71 Å². The van der Waals surface area contributed by atoms with Crippen LogP contribution in [0.4, 0.5) is 0 Å². The summed E-state index contributed by atoms with van der Waals surface area (Å²) in [5, 5.41) is 2.46. The molecule has 1 saturated carbocycles. The van der Waals surface area contributed by atoms with E-state index in [0.717, 1.165) is 24.3 Å². The van der Waals surface area contributed by atoms with Gasteiger partial charge in [0.15, 0.2) is 0 Å². The first-order valence-corrected chi connectivity index (χ1v) is 22.5. The van der Waals surface area contributed by atoms with E-state index >= 15 is 0 Å². The maximum atomic E-state index is 5.86. The van der Waals surface area contributed by atoms with Gasteiger partial charge in [0.05, 0.1) is 11.4 Å². The second-order valence-electron chi connectivity index (χ2n) is 17.7. The molecule has 296 valence electrons. The molecule has 1 heteroatoms. The number of hydrogen-bond donors (Lipinski definition) is 0. The zero-order chi connectivity index (χ0) is 40.8. The molecule has 0 aromatic heterocycles. The number of nitrogens with zero attached hydrogens (tertiary/aromatic N) is 1. The zero-order valence-corrected chi connectivity index (χ0v) is 35.0. The highest BCUT2D eigenvalue weighted by Gasteiger charge is 2.43. The molecule has 0 saturated heterocycles. The van der Waals surface area contributed by atoms with Gasteiger partial charge in [-0.2, -0.15) is 0 Å². The van der Waals surface area contributed by atoms with Gasteiger partial charge in [-0.1, -0.05) is 208 Å². The van der Waals surface area contributed by atoms with E-state index in [1.54, 1.807) is 0 Å². The van der Waals surface area contributed by atoms with Gasteiger partial charge in [0.25, 0.3) is 0 Å². The Morgan fingerprint density at radius 1 is 0.508 bits per heavy atom. The van der Waals surface area contributed by atoms with Crippen LogP contribution in [0.2, 0.25) is 0 Å². The van der Waals surface area contributed by atoms with Gasteiger partial charge in [-0.25, -0.2) is 0 Å². The standard InChI is InChI=1S/C60H51N/c1-41-28-29-47(46-31-33-49(42-18-6-2-7-19-42)54(38-46)43-20-8-3-9-21-43)40-57(61-59(41)45-23-10-4-11-24-45)58-50-25-13-12-22-44(50)30-34-51(58)48-32-35-53-52-26-14-15-27-55(52)60(56(53)39-48)36-16-5-17-37-60/h2-4,6-15,18-27,29-32,34-35,38-41,49H,5,16-17,28,33,36-37H2,1H3/b47-29-,57-40-,61-59+. The van der Waals surface area contributed by atoms with Crippen LogP contribution in [0.25, 0.3) is 44.3 Å². The van der Waals surface area contributed by atoms with Crippen molar-refractivity contribution in [3.63, 3.8) is 0 Å². The Labute approximate surface area is 361 Å². The lowest BCUT2D eigenvalue weighted by Crippen LogP contribution is -2.28. The second-order valence-corrected chi connectivity index (χ2v) is 17.7. The summed E-state index contributed by atoms with van der Waals surface area (Å²) >= 11 is 0. The predicted molar refractivity (Wildman–Crippen MR) is 258 cm³/mol. The molecule has 0 N–H and O–H groups in total. The highest BCUT2D eigenvalue weighted by Crippen LogP contribution is 2.56. The molecule has 1 heterocycles. The van der Waals surface area contributed by atoms with Gasteiger partial charge < -0.3 is 0 Å². The van der Waals surface area contributed by atoms with E-state index in [0.29, 0.717) is 0 Å². The topological polar surface area (TPSA) is 12.4 Å². The van der Waals surface area contributed by atoms with Gasteiger partial charge in [0.2, 0.25) is 0 Å². The number of hydrogen-bond acceptors (Lipinski definition) is 1. The van der Waals surface area contributed by atoms with Gasteiger partial charge in [0.1, 0.15) is 0 Å². The second kappa shape index (κ2) is 15.8. The molecule has 2 atom stereocenters. The van der Waals surface area contributed by atoms with E-state index < -0.39 is 0 Å². The summed E-state index contributed by atoms with van der Waals surface area (Å²) in [6, 6.07) is 63.1. The molecule has 7 aromatic carbocycles. The van der Waals surface area contributed by atoms with Crippen molar-refractivity contribution in [3.05, 3.63) is 239 Å². The molecule has 4 aliphatic rings. The first-order valence-electron chi connectivity index (χ1n) is 22.5. The lowest BCUT2D eigenvalue weighted by molar-refractivity contribution is 0.353. The Balaban J connectivity index is 1.12. The Morgan fingerprint density at radius 3 is 1.95 bits per heavy atom. The Kier molecular flexibility index (Phi) is 9.69. The Bertz CT molecular complexity index is 2930. The van der Waals surface area contributed by atoms with Crippen molar-refractivity contribution in [2.45, 2.75) is 63.2 Å². The van der Waals surface area contributed by atoms with Crippen LogP contribution >= 0.6 is 0 Å². The van der Waals surface area contributed by atoms with Crippen LogP contribution < -0.4 is 0 Å². The first kappa shape index (κ1) is 37.4. The van der Waals surface area contributed by atoms with Gasteiger partial charge in [-0.15, -0.1) is 0 Å². The molecule has 1 aliphatic heterocycles. The smallest absolute Gasteiger partial charge is 0.0724 e. The lowest BCUT2D eigenvalue weighted by Gasteiger charge is -2.36. The van der Waals surface area contributed by atoms with Crippen LogP contribution in [0.15, 0.2) is 210 Å². The molecular formula is C60H51N. The highest BCUT2D eigenvalue weighted by atomic mass is 14.8. The largest absolute Gasteiger partial charge is 0.252 e. The van der Waals surface area contributed by atoms with Crippen molar-refractivity contribution in [2.24, 2.45) is 10.9 Å². The van der Waals surface area contributed by atoms with Crippen molar-refractivity contribution in [1.82, 2.24) is 0 Å². The number of aliphatic imine (C=N–C) groups is 1. The lowest BCUT2D eigenvalue weighted by atomic mass is 9.67. The van der Waals surface area contributed by atoms with Crippen LogP contribution in [-0.2, 0) is 5.41 Å². The van der Waals surface area contributed by atoms with Crippen molar-refractivity contribution in [1.29, 1.82) is 0 Å². The quantitative estimate of drug-likeness (QED) is 0.159. The Morgan fingerprint density at radius 2 is 1.15 bits per heavy atom. The van der Waals surface area contributed by atoms with Crippen molar-refractivity contribution >= 4 is 27.8 Å². The fourth-order valence-corrected chi connectivity index (χ4v) is 11.1. The normalized spacial score (nSPS) is 22.0. The van der Waals surface area contributed by atoms with Crippen molar-refractivity contribution in [2.75, 3.05) is 0 Å². The molecule has 61 heavy (non-hydrogen) atoms. The summed E-state index contributed by atoms with van der Waals surface area (Å²) in [6.07, 6.45) is 18.0. The molecule has 0 amide bonds. The van der Waals surface area contributed by atoms with Gasteiger partial charge in [-0.05, 0) is 115 Å². The van der Waals surface area contributed by atoms with E-state index in [9.17, 15) is 0 Å². The average molecular weight is 786 g/mol. The van der Waals surface area contributed by atoms with E-state index in [2.05, 4.69) is 201 Å². The number of allylic oxidation sites excluding steroid dienone is 7. The third-order valence-corrected chi connectivity index (χ3v) is 14.1. The molecule has 1 nitrogen and oxygen atoms in total. The summed E-state index contributed by atoms with van der Waals surface area (Å²) in [7, 11) is 0. The van der Waals surface area contributed by atoms with E-state index in [1.807, 2.05) is 0 Å². The summed E-state index contributed by atoms with van der Waals surface area (Å²) in [6.45, 7) is 2.35. The molecule has 0 radical (unpaired) electrons. The molecule has 1 fully saturated rings. The average Bonchev–Trinajstić information content (AvgIpc) is 3.58. The summed E-state index contributed by atoms with van der Waals surface area (Å²) < 4.78 is 0. The summed E-state index contributed by atoms with van der Waals surface area (Å²) in [4.78, 5) is 5.86. The molecule has 0 bridgehead atoms. The minimum atomic E-state index is 0.0779. The van der Waals surface area contributed by atoms with Crippen LogP contribution in [0.5, 0.6) is 0 Å². The maximum absolute atomic E-state index is 5.86. The molecule has 2 unspecified atom stereocenters. The number of benzene rings is 7. The zero-order valence-electron chi connectivity index (χ0n) is 35.0. The molecular weight excluding hydrogens is 735 g/mol. The fraction of sp³-hybridized carbons (Fsp3) is 0.183. The predicted octanol–water partition coefficient (Wildman–Crippen LogP) is 15.7.